The van der Waals surface area contributed by atoms with E-state index >= 15 is 0 Å². The molecule has 1 fully saturated rings. The molecule has 128 valence electrons. The highest BCUT2D eigenvalue weighted by Gasteiger charge is 2.50. The van der Waals surface area contributed by atoms with Crippen LogP contribution in [0.5, 0.6) is 0 Å². The SMILES string of the molecule is CCOC(=O)CCCCCCC1CCC(C)(CC=O)C1(C)C. The fourth-order valence-electron chi connectivity index (χ4n) is 3.97. The molecule has 0 aromatic rings. The molecule has 1 aliphatic carbocycles. The lowest BCUT2D eigenvalue weighted by atomic mass is 9.63. The maximum Gasteiger partial charge on any atom is 0.305 e. The highest BCUT2D eigenvalue weighted by atomic mass is 16.5. The second-order valence-corrected chi connectivity index (χ2v) is 7.65. The Morgan fingerprint density at radius 1 is 1.18 bits per heavy atom. The van der Waals surface area contributed by atoms with Crippen LogP contribution in [0.4, 0.5) is 0 Å². The second-order valence-electron chi connectivity index (χ2n) is 7.65. The number of hydrogen-bond acceptors (Lipinski definition) is 3. The van der Waals surface area contributed by atoms with E-state index in [0.717, 1.165) is 25.0 Å². The van der Waals surface area contributed by atoms with Gasteiger partial charge in [0.25, 0.3) is 0 Å². The Kier molecular flexibility index (Phi) is 7.58. The van der Waals surface area contributed by atoms with Crippen LogP contribution < -0.4 is 0 Å². The maximum absolute atomic E-state index is 11.3. The van der Waals surface area contributed by atoms with Crippen molar-refractivity contribution in [1.82, 2.24) is 0 Å². The molecule has 3 nitrogen and oxygen atoms in total. The van der Waals surface area contributed by atoms with Gasteiger partial charge in [0.1, 0.15) is 6.29 Å². The van der Waals surface area contributed by atoms with E-state index in [-0.39, 0.29) is 16.8 Å². The lowest BCUT2D eigenvalue weighted by molar-refractivity contribution is -0.143. The number of ether oxygens (including phenoxy) is 1. The normalized spacial score (nSPS) is 26.8. The van der Waals surface area contributed by atoms with E-state index in [9.17, 15) is 9.59 Å². The lowest BCUT2D eigenvalue weighted by Gasteiger charge is -2.41. The summed E-state index contributed by atoms with van der Waals surface area (Å²) in [6, 6.07) is 0. The van der Waals surface area contributed by atoms with Crippen molar-refractivity contribution in [3.8, 4) is 0 Å². The summed E-state index contributed by atoms with van der Waals surface area (Å²) >= 11 is 0. The number of hydrogen-bond donors (Lipinski definition) is 0. The summed E-state index contributed by atoms with van der Waals surface area (Å²) in [5, 5.41) is 0. The van der Waals surface area contributed by atoms with E-state index in [1.54, 1.807) is 0 Å². The minimum Gasteiger partial charge on any atom is -0.466 e. The molecule has 0 bridgehead atoms. The zero-order valence-corrected chi connectivity index (χ0v) is 15.0. The molecule has 0 N–H and O–H groups in total. The Balaban J connectivity index is 2.23. The lowest BCUT2D eigenvalue weighted by Crippen LogP contribution is -2.34. The minimum absolute atomic E-state index is 0.0657. The number of aldehydes is 1. The maximum atomic E-state index is 11.3. The molecule has 3 heteroatoms. The van der Waals surface area contributed by atoms with E-state index < -0.39 is 0 Å². The Bertz CT molecular complexity index is 362. The number of rotatable bonds is 10. The van der Waals surface area contributed by atoms with Crippen molar-refractivity contribution in [3.63, 3.8) is 0 Å². The van der Waals surface area contributed by atoms with Gasteiger partial charge in [0.2, 0.25) is 0 Å². The van der Waals surface area contributed by atoms with Gasteiger partial charge in [-0.15, -0.1) is 0 Å². The molecule has 0 aliphatic heterocycles. The van der Waals surface area contributed by atoms with Crippen LogP contribution >= 0.6 is 0 Å². The van der Waals surface area contributed by atoms with Crippen molar-refractivity contribution in [2.45, 2.75) is 85.5 Å². The molecule has 0 amide bonds. The Morgan fingerprint density at radius 2 is 1.86 bits per heavy atom. The van der Waals surface area contributed by atoms with Crippen LogP contribution in [0, 0.1) is 16.7 Å². The standard InChI is InChI=1S/C19H34O3/c1-5-22-17(21)11-9-7-6-8-10-16-12-13-19(4,14-15-20)18(16,2)3/h15-16H,5-14H2,1-4H3. The Morgan fingerprint density at radius 3 is 2.50 bits per heavy atom. The van der Waals surface area contributed by atoms with E-state index in [1.165, 1.54) is 32.1 Å². The van der Waals surface area contributed by atoms with E-state index in [2.05, 4.69) is 20.8 Å². The third-order valence-corrected chi connectivity index (χ3v) is 6.14. The van der Waals surface area contributed by atoms with Crippen molar-refractivity contribution >= 4 is 12.3 Å². The second kappa shape index (κ2) is 8.69. The summed E-state index contributed by atoms with van der Waals surface area (Å²) < 4.78 is 4.94. The van der Waals surface area contributed by atoms with Crippen LogP contribution in [0.2, 0.25) is 0 Å². The fourth-order valence-corrected chi connectivity index (χ4v) is 3.97. The summed E-state index contributed by atoms with van der Waals surface area (Å²) in [5.74, 6) is 0.659. The highest BCUT2D eigenvalue weighted by Crippen LogP contribution is 2.58. The number of unbranched alkanes of at least 4 members (excludes halogenated alkanes) is 3. The summed E-state index contributed by atoms with van der Waals surface area (Å²) in [4.78, 5) is 22.2. The zero-order valence-electron chi connectivity index (χ0n) is 15.0. The first-order valence-corrected chi connectivity index (χ1v) is 8.96. The molecule has 0 radical (unpaired) electrons. The first-order chi connectivity index (χ1) is 10.4. The predicted octanol–water partition coefficient (Wildman–Crippen LogP) is 4.92. The van der Waals surface area contributed by atoms with Gasteiger partial charge in [-0.25, -0.2) is 0 Å². The van der Waals surface area contributed by atoms with E-state index in [4.69, 9.17) is 4.74 Å². The van der Waals surface area contributed by atoms with Crippen molar-refractivity contribution in [2.24, 2.45) is 16.7 Å². The summed E-state index contributed by atoms with van der Waals surface area (Å²) in [6.45, 7) is 9.29. The van der Waals surface area contributed by atoms with Crippen LogP contribution in [0.3, 0.4) is 0 Å². The van der Waals surface area contributed by atoms with Gasteiger partial charge in [-0.05, 0) is 49.4 Å². The zero-order chi connectivity index (χ0) is 16.6. The highest BCUT2D eigenvalue weighted by molar-refractivity contribution is 5.69. The first-order valence-electron chi connectivity index (χ1n) is 8.96. The Labute approximate surface area is 136 Å². The average Bonchev–Trinajstić information content (AvgIpc) is 2.66. The van der Waals surface area contributed by atoms with Crippen molar-refractivity contribution in [3.05, 3.63) is 0 Å². The molecule has 22 heavy (non-hydrogen) atoms. The van der Waals surface area contributed by atoms with Crippen LogP contribution in [-0.2, 0) is 14.3 Å². The molecule has 0 aromatic heterocycles. The molecular weight excluding hydrogens is 276 g/mol. The number of carbonyl (C=O) groups excluding carboxylic acids is 2. The van der Waals surface area contributed by atoms with Gasteiger partial charge in [-0.1, -0.05) is 40.0 Å². The molecule has 1 saturated carbocycles. The third kappa shape index (κ3) is 4.82. The van der Waals surface area contributed by atoms with Gasteiger partial charge in [-0.2, -0.15) is 0 Å². The van der Waals surface area contributed by atoms with Crippen molar-refractivity contribution < 1.29 is 14.3 Å². The number of carbonyl (C=O) groups is 2. The molecule has 1 aliphatic rings. The smallest absolute Gasteiger partial charge is 0.305 e. The molecule has 0 saturated heterocycles. The summed E-state index contributed by atoms with van der Waals surface area (Å²) in [5.41, 5.74) is 0.419. The van der Waals surface area contributed by atoms with Crippen molar-refractivity contribution in [1.29, 1.82) is 0 Å². The fraction of sp³-hybridized carbons (Fsp3) is 0.895. The molecule has 0 heterocycles. The van der Waals surface area contributed by atoms with Crippen LogP contribution in [0.25, 0.3) is 0 Å². The van der Waals surface area contributed by atoms with Gasteiger partial charge in [0, 0.05) is 12.8 Å². The number of esters is 1. The molecule has 2 atom stereocenters. The minimum atomic E-state index is -0.0657. The van der Waals surface area contributed by atoms with E-state index in [0.29, 0.717) is 19.4 Å². The topological polar surface area (TPSA) is 43.4 Å². The van der Waals surface area contributed by atoms with Gasteiger partial charge < -0.3 is 9.53 Å². The quantitative estimate of drug-likeness (QED) is 0.327. The summed E-state index contributed by atoms with van der Waals surface area (Å²) in [7, 11) is 0. The monoisotopic (exact) mass is 310 g/mol. The van der Waals surface area contributed by atoms with Crippen LogP contribution in [0.15, 0.2) is 0 Å². The van der Waals surface area contributed by atoms with Crippen molar-refractivity contribution in [2.75, 3.05) is 6.61 Å². The summed E-state index contributed by atoms with van der Waals surface area (Å²) in [6.07, 6.45) is 10.5. The molecular formula is C19H34O3. The third-order valence-electron chi connectivity index (χ3n) is 6.14. The molecule has 1 rings (SSSR count). The van der Waals surface area contributed by atoms with Crippen LogP contribution in [-0.4, -0.2) is 18.9 Å². The van der Waals surface area contributed by atoms with Gasteiger partial charge in [0.05, 0.1) is 6.61 Å². The Hall–Kier alpha value is -0.860. The largest absolute Gasteiger partial charge is 0.466 e. The van der Waals surface area contributed by atoms with Gasteiger partial charge in [-0.3, -0.25) is 4.79 Å². The average molecular weight is 310 g/mol. The molecule has 0 aromatic carbocycles. The van der Waals surface area contributed by atoms with Crippen LogP contribution in [0.1, 0.15) is 85.5 Å². The van der Waals surface area contributed by atoms with E-state index in [1.807, 2.05) is 6.92 Å². The predicted molar refractivity (Wildman–Crippen MR) is 89.6 cm³/mol. The molecule has 2 unspecified atom stereocenters. The first kappa shape index (κ1) is 19.2. The van der Waals surface area contributed by atoms with Gasteiger partial charge in [0.15, 0.2) is 0 Å². The van der Waals surface area contributed by atoms with Gasteiger partial charge >= 0.3 is 5.97 Å². The molecule has 0 spiro atoms.